The minimum atomic E-state index is -0.308. The average Bonchev–Trinajstić information content (AvgIpc) is 2.69. The molecule has 5 heteroatoms. The number of amides is 1. The Kier molecular flexibility index (Phi) is 5.89. The molecule has 2 N–H and O–H groups in total. The number of hydrogen-bond donors (Lipinski definition) is 1. The van der Waals surface area contributed by atoms with Gasteiger partial charge in [-0.2, -0.15) is 0 Å². The van der Waals surface area contributed by atoms with E-state index in [0.29, 0.717) is 18.8 Å². The highest BCUT2D eigenvalue weighted by atomic mass is 19.1. The van der Waals surface area contributed by atoms with E-state index in [0.717, 1.165) is 18.4 Å². The maximum atomic E-state index is 13.0. The maximum absolute atomic E-state index is 13.0. The summed E-state index contributed by atoms with van der Waals surface area (Å²) in [6, 6.07) is 15.5. The van der Waals surface area contributed by atoms with Gasteiger partial charge in [-0.15, -0.1) is 0 Å². The van der Waals surface area contributed by atoms with E-state index in [2.05, 4.69) is 0 Å². The van der Waals surface area contributed by atoms with Gasteiger partial charge in [-0.3, -0.25) is 4.79 Å². The zero-order chi connectivity index (χ0) is 18.5. The first-order valence-electron chi connectivity index (χ1n) is 9.06. The van der Waals surface area contributed by atoms with Crippen molar-refractivity contribution in [3.05, 3.63) is 66.0 Å². The molecule has 138 valence electrons. The SMILES string of the molecule is CC(C(=O)N1CCC(Oc2ccc(F)cc2)CC1)C(N)c1ccccc1. The maximum Gasteiger partial charge on any atom is 0.227 e. The molecule has 0 radical (unpaired) electrons. The summed E-state index contributed by atoms with van der Waals surface area (Å²) in [5.41, 5.74) is 7.26. The van der Waals surface area contributed by atoms with Crippen molar-refractivity contribution < 1.29 is 13.9 Å². The molecular formula is C21H25FN2O2. The molecule has 0 saturated carbocycles. The van der Waals surface area contributed by atoms with Gasteiger partial charge in [0.1, 0.15) is 17.7 Å². The number of benzene rings is 2. The first kappa shape index (κ1) is 18.4. The van der Waals surface area contributed by atoms with Crippen molar-refractivity contribution in [3.63, 3.8) is 0 Å². The normalized spacial score (nSPS) is 17.6. The second kappa shape index (κ2) is 8.32. The number of halogens is 1. The number of nitrogens with two attached hydrogens (primary N) is 1. The second-order valence-corrected chi connectivity index (χ2v) is 6.82. The molecule has 1 heterocycles. The zero-order valence-electron chi connectivity index (χ0n) is 15.0. The van der Waals surface area contributed by atoms with Crippen LogP contribution in [0.25, 0.3) is 0 Å². The van der Waals surface area contributed by atoms with Gasteiger partial charge in [0, 0.05) is 32.0 Å². The molecule has 2 aromatic carbocycles. The average molecular weight is 356 g/mol. The number of ether oxygens (including phenoxy) is 1. The molecule has 26 heavy (non-hydrogen) atoms. The quantitative estimate of drug-likeness (QED) is 0.892. The third kappa shape index (κ3) is 4.41. The molecule has 1 aliphatic rings. The lowest BCUT2D eigenvalue weighted by molar-refractivity contribution is -0.137. The standard InChI is InChI=1S/C21H25FN2O2/c1-15(20(23)16-5-3-2-4-6-16)21(25)24-13-11-19(12-14-24)26-18-9-7-17(22)8-10-18/h2-10,15,19-20H,11-14,23H2,1H3. The second-order valence-electron chi connectivity index (χ2n) is 6.82. The van der Waals surface area contributed by atoms with Crippen LogP contribution in [0.15, 0.2) is 54.6 Å². The van der Waals surface area contributed by atoms with Gasteiger partial charge < -0.3 is 15.4 Å². The van der Waals surface area contributed by atoms with E-state index < -0.39 is 0 Å². The van der Waals surface area contributed by atoms with Gasteiger partial charge in [0.25, 0.3) is 0 Å². The van der Waals surface area contributed by atoms with Crippen molar-refractivity contribution >= 4 is 5.91 Å². The lowest BCUT2D eigenvalue weighted by Gasteiger charge is -2.34. The summed E-state index contributed by atoms with van der Waals surface area (Å²) in [4.78, 5) is 14.7. The predicted molar refractivity (Wildman–Crippen MR) is 99.2 cm³/mol. The van der Waals surface area contributed by atoms with Crippen molar-refractivity contribution in [3.8, 4) is 5.75 Å². The van der Waals surface area contributed by atoms with Gasteiger partial charge >= 0.3 is 0 Å². The van der Waals surface area contributed by atoms with Crippen LogP contribution >= 0.6 is 0 Å². The van der Waals surface area contributed by atoms with Crippen LogP contribution in [0.2, 0.25) is 0 Å². The fourth-order valence-electron chi connectivity index (χ4n) is 3.31. The summed E-state index contributed by atoms with van der Waals surface area (Å²) < 4.78 is 18.8. The molecule has 1 aliphatic heterocycles. The number of nitrogens with zero attached hydrogens (tertiary/aromatic N) is 1. The topological polar surface area (TPSA) is 55.6 Å². The number of carbonyl (C=O) groups is 1. The number of hydrogen-bond acceptors (Lipinski definition) is 3. The lowest BCUT2D eigenvalue weighted by Crippen LogP contribution is -2.45. The van der Waals surface area contributed by atoms with E-state index in [4.69, 9.17) is 10.5 Å². The van der Waals surface area contributed by atoms with E-state index >= 15 is 0 Å². The van der Waals surface area contributed by atoms with Crippen molar-refractivity contribution in [2.24, 2.45) is 11.7 Å². The fourth-order valence-corrected chi connectivity index (χ4v) is 3.31. The van der Waals surface area contributed by atoms with Gasteiger partial charge in [-0.1, -0.05) is 37.3 Å². The number of piperidine rings is 1. The summed E-state index contributed by atoms with van der Waals surface area (Å²) in [6.07, 6.45) is 1.56. The van der Waals surface area contributed by atoms with E-state index in [1.54, 1.807) is 12.1 Å². The molecule has 1 saturated heterocycles. The molecule has 0 bridgehead atoms. The van der Waals surface area contributed by atoms with Crippen LogP contribution in [0, 0.1) is 11.7 Å². The molecule has 2 unspecified atom stereocenters. The van der Waals surface area contributed by atoms with Crippen LogP contribution in [-0.2, 0) is 4.79 Å². The van der Waals surface area contributed by atoms with Crippen molar-refractivity contribution in [2.75, 3.05) is 13.1 Å². The summed E-state index contributed by atoms with van der Waals surface area (Å²) in [5, 5.41) is 0. The number of carbonyl (C=O) groups excluding carboxylic acids is 1. The summed E-state index contributed by atoms with van der Waals surface area (Å²) in [6.45, 7) is 3.19. The Bertz CT molecular complexity index is 713. The van der Waals surface area contributed by atoms with Gasteiger partial charge in [0.2, 0.25) is 5.91 Å². The molecule has 4 nitrogen and oxygen atoms in total. The van der Waals surface area contributed by atoms with Crippen LogP contribution in [-0.4, -0.2) is 30.0 Å². The van der Waals surface area contributed by atoms with Gasteiger partial charge in [-0.05, 0) is 29.8 Å². The first-order valence-corrected chi connectivity index (χ1v) is 9.06. The van der Waals surface area contributed by atoms with Crippen LogP contribution in [0.1, 0.15) is 31.4 Å². The van der Waals surface area contributed by atoms with Crippen molar-refractivity contribution in [1.82, 2.24) is 4.90 Å². The molecule has 2 aromatic rings. The molecule has 0 spiro atoms. The van der Waals surface area contributed by atoms with Crippen molar-refractivity contribution in [1.29, 1.82) is 0 Å². The Morgan fingerprint density at radius 2 is 1.73 bits per heavy atom. The van der Waals surface area contributed by atoms with Gasteiger partial charge in [-0.25, -0.2) is 4.39 Å². The Labute approximate surface area is 153 Å². The minimum absolute atomic E-state index is 0.0441. The molecule has 1 amide bonds. The highest BCUT2D eigenvalue weighted by Crippen LogP contribution is 2.24. The third-order valence-electron chi connectivity index (χ3n) is 4.98. The smallest absolute Gasteiger partial charge is 0.227 e. The van der Waals surface area contributed by atoms with Gasteiger partial charge in [0.15, 0.2) is 0 Å². The van der Waals surface area contributed by atoms with Gasteiger partial charge in [0.05, 0.1) is 5.92 Å². The highest BCUT2D eigenvalue weighted by Gasteiger charge is 2.30. The van der Waals surface area contributed by atoms with E-state index in [1.165, 1.54) is 12.1 Å². The fraction of sp³-hybridized carbons (Fsp3) is 0.381. The Morgan fingerprint density at radius 3 is 2.35 bits per heavy atom. The molecule has 1 fully saturated rings. The third-order valence-corrected chi connectivity index (χ3v) is 4.98. The monoisotopic (exact) mass is 356 g/mol. The van der Waals surface area contributed by atoms with E-state index in [1.807, 2.05) is 42.2 Å². The van der Waals surface area contributed by atoms with Crippen LogP contribution in [0.3, 0.4) is 0 Å². The minimum Gasteiger partial charge on any atom is -0.490 e. The molecule has 3 rings (SSSR count). The highest BCUT2D eigenvalue weighted by molar-refractivity contribution is 5.79. The van der Waals surface area contributed by atoms with Crippen LogP contribution < -0.4 is 10.5 Å². The largest absolute Gasteiger partial charge is 0.490 e. The molecule has 2 atom stereocenters. The molecular weight excluding hydrogens is 331 g/mol. The summed E-state index contributed by atoms with van der Waals surface area (Å²) >= 11 is 0. The summed E-state index contributed by atoms with van der Waals surface area (Å²) in [5.74, 6) is 0.200. The van der Waals surface area contributed by atoms with Crippen LogP contribution in [0.4, 0.5) is 4.39 Å². The van der Waals surface area contributed by atoms with Crippen LogP contribution in [0.5, 0.6) is 5.75 Å². The Hall–Kier alpha value is -2.40. The Balaban J connectivity index is 1.52. The zero-order valence-corrected chi connectivity index (χ0v) is 15.0. The number of rotatable bonds is 5. The Morgan fingerprint density at radius 1 is 1.12 bits per heavy atom. The predicted octanol–water partition coefficient (Wildman–Crippen LogP) is 3.53. The van der Waals surface area contributed by atoms with E-state index in [-0.39, 0.29) is 29.8 Å². The molecule has 0 aromatic heterocycles. The molecule has 0 aliphatic carbocycles. The number of likely N-dealkylation sites (tertiary alicyclic amines) is 1. The first-order chi connectivity index (χ1) is 12.5. The summed E-state index contributed by atoms with van der Waals surface area (Å²) in [7, 11) is 0. The lowest BCUT2D eigenvalue weighted by atomic mass is 9.93. The van der Waals surface area contributed by atoms with Crippen molar-refractivity contribution in [2.45, 2.75) is 31.9 Å². The van der Waals surface area contributed by atoms with E-state index in [9.17, 15) is 9.18 Å².